The van der Waals surface area contributed by atoms with Gasteiger partial charge in [0.05, 0.1) is 10.7 Å². The zero-order valence-corrected chi connectivity index (χ0v) is 12.8. The lowest BCUT2D eigenvalue weighted by Gasteiger charge is -2.09. The van der Waals surface area contributed by atoms with Gasteiger partial charge in [-0.05, 0) is 46.6 Å². The Morgan fingerprint density at radius 3 is 2.85 bits per heavy atom. The highest BCUT2D eigenvalue weighted by Gasteiger charge is 2.13. The summed E-state index contributed by atoms with van der Waals surface area (Å²) >= 11 is 9.37. The van der Waals surface area contributed by atoms with Gasteiger partial charge in [0.1, 0.15) is 5.69 Å². The summed E-state index contributed by atoms with van der Waals surface area (Å²) in [6.45, 7) is 1.72. The molecule has 0 aliphatic carbocycles. The maximum Gasteiger partial charge on any atom is 0.274 e. The molecule has 0 saturated carbocycles. The predicted octanol–water partition coefficient (Wildman–Crippen LogP) is 3.87. The van der Waals surface area contributed by atoms with E-state index in [1.54, 1.807) is 31.2 Å². The second kappa shape index (κ2) is 6.15. The number of rotatable bonds is 3. The fraction of sp³-hybridized carbons (Fsp3) is 0.0714. The van der Waals surface area contributed by atoms with Crippen LogP contribution in [-0.2, 0) is 0 Å². The number of carbonyl (C=O) groups excluding carboxylic acids is 2. The van der Waals surface area contributed by atoms with Crippen LogP contribution in [-0.4, -0.2) is 17.2 Å². The van der Waals surface area contributed by atoms with Crippen molar-refractivity contribution in [1.82, 2.24) is 4.98 Å². The SMILES string of the molecule is Cc1cc(C=O)cnc1C(=O)Nc1cccc(Br)c1Cl. The molecule has 0 spiro atoms. The Kier molecular flexibility index (Phi) is 4.52. The van der Waals surface area contributed by atoms with Crippen LogP contribution in [0.2, 0.25) is 5.02 Å². The van der Waals surface area contributed by atoms with Crippen molar-refractivity contribution in [3.63, 3.8) is 0 Å². The van der Waals surface area contributed by atoms with E-state index in [-0.39, 0.29) is 11.6 Å². The second-order valence-electron chi connectivity index (χ2n) is 4.11. The molecule has 0 bridgehead atoms. The monoisotopic (exact) mass is 352 g/mol. The van der Waals surface area contributed by atoms with E-state index >= 15 is 0 Å². The first-order valence-corrected chi connectivity index (χ1v) is 6.87. The van der Waals surface area contributed by atoms with Gasteiger partial charge in [-0.1, -0.05) is 17.7 Å². The molecule has 0 aliphatic heterocycles. The number of aromatic nitrogens is 1. The summed E-state index contributed by atoms with van der Waals surface area (Å²) in [7, 11) is 0. The van der Waals surface area contributed by atoms with Crippen molar-refractivity contribution in [2.45, 2.75) is 6.92 Å². The molecule has 0 unspecified atom stereocenters. The van der Waals surface area contributed by atoms with E-state index in [1.165, 1.54) is 6.20 Å². The fourth-order valence-corrected chi connectivity index (χ4v) is 2.22. The van der Waals surface area contributed by atoms with Gasteiger partial charge >= 0.3 is 0 Å². The number of pyridine rings is 1. The summed E-state index contributed by atoms with van der Waals surface area (Å²) in [5.74, 6) is -0.375. The van der Waals surface area contributed by atoms with E-state index in [2.05, 4.69) is 26.2 Å². The normalized spacial score (nSPS) is 10.2. The molecule has 0 saturated heterocycles. The maximum absolute atomic E-state index is 12.2. The van der Waals surface area contributed by atoms with Crippen LogP contribution in [0.25, 0.3) is 0 Å². The molecule has 102 valence electrons. The Hall–Kier alpha value is -1.72. The van der Waals surface area contributed by atoms with Crippen molar-refractivity contribution >= 4 is 45.4 Å². The van der Waals surface area contributed by atoms with Crippen LogP contribution < -0.4 is 5.32 Å². The molecular formula is C14H10BrClN2O2. The molecule has 1 aromatic carbocycles. The van der Waals surface area contributed by atoms with Crippen LogP contribution in [0.3, 0.4) is 0 Å². The number of carbonyl (C=O) groups is 2. The molecule has 0 aliphatic rings. The van der Waals surface area contributed by atoms with Gasteiger partial charge in [-0.2, -0.15) is 0 Å². The molecule has 1 heterocycles. The van der Waals surface area contributed by atoms with Crippen molar-refractivity contribution in [2.75, 3.05) is 5.32 Å². The summed E-state index contributed by atoms with van der Waals surface area (Å²) in [5, 5.41) is 3.11. The molecule has 20 heavy (non-hydrogen) atoms. The number of hydrogen-bond donors (Lipinski definition) is 1. The molecule has 6 heteroatoms. The van der Waals surface area contributed by atoms with E-state index < -0.39 is 0 Å². The van der Waals surface area contributed by atoms with Crippen molar-refractivity contribution in [1.29, 1.82) is 0 Å². The van der Waals surface area contributed by atoms with E-state index in [9.17, 15) is 9.59 Å². The van der Waals surface area contributed by atoms with Gasteiger partial charge in [-0.15, -0.1) is 0 Å². The quantitative estimate of drug-likeness (QED) is 0.852. The number of aryl methyl sites for hydroxylation is 1. The molecule has 0 atom stereocenters. The Labute approximate surface area is 129 Å². The predicted molar refractivity (Wildman–Crippen MR) is 81.5 cm³/mol. The molecule has 0 fully saturated rings. The second-order valence-corrected chi connectivity index (χ2v) is 5.34. The summed E-state index contributed by atoms with van der Waals surface area (Å²) < 4.78 is 0.693. The molecule has 2 rings (SSSR count). The summed E-state index contributed by atoms with van der Waals surface area (Å²) in [6.07, 6.45) is 2.05. The largest absolute Gasteiger partial charge is 0.319 e. The molecule has 4 nitrogen and oxygen atoms in total. The minimum atomic E-state index is -0.375. The lowest BCUT2D eigenvalue weighted by molar-refractivity contribution is 0.102. The highest BCUT2D eigenvalue weighted by atomic mass is 79.9. The first-order chi connectivity index (χ1) is 9.52. The number of hydrogen-bond acceptors (Lipinski definition) is 3. The van der Waals surface area contributed by atoms with Crippen molar-refractivity contribution in [3.05, 3.63) is 56.8 Å². The summed E-state index contributed by atoms with van der Waals surface area (Å²) in [5.41, 5.74) is 1.80. The van der Waals surface area contributed by atoms with Gasteiger partial charge in [0, 0.05) is 16.2 Å². The van der Waals surface area contributed by atoms with Crippen LogP contribution in [0.15, 0.2) is 34.9 Å². The Balaban J connectivity index is 2.28. The molecule has 1 amide bonds. The van der Waals surface area contributed by atoms with Gasteiger partial charge < -0.3 is 5.32 Å². The number of anilines is 1. The number of halogens is 2. The standard InChI is InChI=1S/C14H10BrClN2O2/c1-8-5-9(7-19)6-17-13(8)14(20)18-11-4-2-3-10(15)12(11)16/h2-7H,1H3,(H,18,20). The van der Waals surface area contributed by atoms with E-state index in [4.69, 9.17) is 11.6 Å². The average Bonchev–Trinajstić information content (AvgIpc) is 2.43. The number of amides is 1. The van der Waals surface area contributed by atoms with Gasteiger partial charge in [0.25, 0.3) is 5.91 Å². The van der Waals surface area contributed by atoms with E-state index in [0.29, 0.717) is 32.6 Å². The molecule has 0 radical (unpaired) electrons. The number of aldehydes is 1. The first kappa shape index (κ1) is 14.7. The molecule has 2 aromatic rings. The highest BCUT2D eigenvalue weighted by molar-refractivity contribution is 9.10. The summed E-state index contributed by atoms with van der Waals surface area (Å²) in [4.78, 5) is 26.8. The molecular weight excluding hydrogens is 344 g/mol. The average molecular weight is 354 g/mol. The van der Waals surface area contributed by atoms with E-state index in [1.807, 2.05) is 0 Å². The number of nitrogens with zero attached hydrogens (tertiary/aromatic N) is 1. The molecule has 1 N–H and O–H groups in total. The van der Waals surface area contributed by atoms with Crippen molar-refractivity contribution in [2.24, 2.45) is 0 Å². The Bertz CT molecular complexity index is 689. The Morgan fingerprint density at radius 2 is 2.20 bits per heavy atom. The van der Waals surface area contributed by atoms with Crippen LogP contribution in [0, 0.1) is 6.92 Å². The van der Waals surface area contributed by atoms with Gasteiger partial charge in [0.2, 0.25) is 0 Å². The minimum absolute atomic E-state index is 0.256. The summed E-state index contributed by atoms with van der Waals surface area (Å²) in [6, 6.07) is 6.85. The fourth-order valence-electron chi connectivity index (χ4n) is 1.68. The first-order valence-electron chi connectivity index (χ1n) is 5.70. The zero-order chi connectivity index (χ0) is 14.7. The smallest absolute Gasteiger partial charge is 0.274 e. The topological polar surface area (TPSA) is 59.1 Å². The third kappa shape index (κ3) is 3.05. The minimum Gasteiger partial charge on any atom is -0.319 e. The van der Waals surface area contributed by atoms with Crippen LogP contribution in [0.5, 0.6) is 0 Å². The highest BCUT2D eigenvalue weighted by Crippen LogP contribution is 2.30. The lowest BCUT2D eigenvalue weighted by atomic mass is 10.1. The third-order valence-electron chi connectivity index (χ3n) is 2.65. The number of benzene rings is 1. The Morgan fingerprint density at radius 1 is 1.45 bits per heavy atom. The van der Waals surface area contributed by atoms with Crippen molar-refractivity contribution < 1.29 is 9.59 Å². The zero-order valence-electron chi connectivity index (χ0n) is 10.5. The molecule has 1 aromatic heterocycles. The lowest BCUT2D eigenvalue weighted by Crippen LogP contribution is -2.15. The van der Waals surface area contributed by atoms with Crippen molar-refractivity contribution in [3.8, 4) is 0 Å². The van der Waals surface area contributed by atoms with Gasteiger partial charge in [0.15, 0.2) is 6.29 Å². The van der Waals surface area contributed by atoms with E-state index in [0.717, 1.165) is 0 Å². The van der Waals surface area contributed by atoms with Crippen LogP contribution in [0.4, 0.5) is 5.69 Å². The third-order valence-corrected chi connectivity index (χ3v) is 3.95. The van der Waals surface area contributed by atoms with Crippen LogP contribution in [0.1, 0.15) is 26.4 Å². The van der Waals surface area contributed by atoms with Gasteiger partial charge in [-0.3, -0.25) is 14.6 Å². The van der Waals surface area contributed by atoms with Crippen LogP contribution >= 0.6 is 27.5 Å². The van der Waals surface area contributed by atoms with Gasteiger partial charge in [-0.25, -0.2) is 0 Å². The number of nitrogens with one attached hydrogen (secondary N) is 1. The maximum atomic E-state index is 12.2.